The summed E-state index contributed by atoms with van der Waals surface area (Å²) in [6.45, 7) is 6.17. The summed E-state index contributed by atoms with van der Waals surface area (Å²) < 4.78 is 1.05. The number of benzene rings is 1. The van der Waals surface area contributed by atoms with Gasteiger partial charge in [0, 0.05) is 35.3 Å². The van der Waals surface area contributed by atoms with E-state index in [0.717, 1.165) is 21.3 Å². The van der Waals surface area contributed by atoms with Crippen molar-refractivity contribution in [3.63, 3.8) is 0 Å². The van der Waals surface area contributed by atoms with Crippen molar-refractivity contribution in [3.8, 4) is 0 Å². The number of thioether (sulfide) groups is 1. The molecule has 0 aliphatic carbocycles. The van der Waals surface area contributed by atoms with E-state index < -0.39 is 0 Å². The molecule has 1 saturated heterocycles. The molecule has 0 bridgehead atoms. The molecule has 0 aromatic heterocycles. The third-order valence-electron chi connectivity index (χ3n) is 3.19. The number of anilines is 1. The summed E-state index contributed by atoms with van der Waals surface area (Å²) >= 11 is 4.76. The summed E-state index contributed by atoms with van der Waals surface area (Å²) in [6, 6.07) is 4.06. The molecule has 0 spiro atoms. The monoisotopic (exact) mass is 341 g/mol. The van der Waals surface area contributed by atoms with Crippen molar-refractivity contribution in [3.05, 3.63) is 27.7 Å². The first-order valence-electron chi connectivity index (χ1n) is 6.13. The van der Waals surface area contributed by atoms with Crippen LogP contribution in [0.1, 0.15) is 24.5 Å². The van der Waals surface area contributed by atoms with Gasteiger partial charge in [0.25, 0.3) is 0 Å². The summed E-state index contributed by atoms with van der Waals surface area (Å²) in [5, 5.41) is 0.150. The topological polar surface area (TPSA) is 37.4 Å². The minimum Gasteiger partial charge on any atom is -0.311 e. The Labute approximate surface area is 125 Å². The molecule has 3 nitrogen and oxygen atoms in total. The SMILES string of the molecule is CC(=O)SC1CC(=O)N(c2cc(C)c(Br)cc2C)C1. The lowest BCUT2D eigenvalue weighted by Gasteiger charge is -2.20. The molecule has 0 radical (unpaired) electrons. The molecule has 102 valence electrons. The van der Waals surface area contributed by atoms with Gasteiger partial charge in [-0.1, -0.05) is 27.7 Å². The van der Waals surface area contributed by atoms with Crippen molar-refractivity contribution in [1.29, 1.82) is 0 Å². The van der Waals surface area contributed by atoms with E-state index in [1.165, 1.54) is 11.8 Å². The van der Waals surface area contributed by atoms with E-state index in [1.54, 1.807) is 11.8 Å². The van der Waals surface area contributed by atoms with Gasteiger partial charge in [0.1, 0.15) is 0 Å². The molecule has 1 amide bonds. The second-order valence-corrected chi connectivity index (χ2v) is 7.16. The number of rotatable bonds is 2. The maximum Gasteiger partial charge on any atom is 0.228 e. The average molecular weight is 342 g/mol. The van der Waals surface area contributed by atoms with Gasteiger partial charge in [-0.25, -0.2) is 0 Å². The van der Waals surface area contributed by atoms with Crippen molar-refractivity contribution < 1.29 is 9.59 Å². The van der Waals surface area contributed by atoms with Crippen LogP contribution in [0.5, 0.6) is 0 Å². The Morgan fingerprint density at radius 2 is 2.05 bits per heavy atom. The Morgan fingerprint density at radius 1 is 1.37 bits per heavy atom. The number of hydrogen-bond acceptors (Lipinski definition) is 3. The van der Waals surface area contributed by atoms with Gasteiger partial charge in [-0.15, -0.1) is 0 Å². The predicted octanol–water partition coefficient (Wildman–Crippen LogP) is 3.45. The third kappa shape index (κ3) is 3.20. The molecule has 1 aliphatic heterocycles. The molecule has 1 fully saturated rings. The first-order chi connectivity index (χ1) is 8.88. The molecular formula is C14H16BrNO2S. The molecule has 19 heavy (non-hydrogen) atoms. The van der Waals surface area contributed by atoms with E-state index in [4.69, 9.17) is 0 Å². The van der Waals surface area contributed by atoms with Crippen LogP contribution in [0.3, 0.4) is 0 Å². The average Bonchev–Trinajstić information content (AvgIpc) is 2.63. The van der Waals surface area contributed by atoms with Crippen LogP contribution >= 0.6 is 27.7 Å². The lowest BCUT2D eigenvalue weighted by Crippen LogP contribution is -2.25. The van der Waals surface area contributed by atoms with Crippen molar-refractivity contribution in [2.75, 3.05) is 11.4 Å². The summed E-state index contributed by atoms with van der Waals surface area (Å²) in [5.74, 6) is 0.101. The Balaban J connectivity index is 2.25. The maximum absolute atomic E-state index is 12.1. The molecule has 1 heterocycles. The van der Waals surface area contributed by atoms with Crippen LogP contribution in [0.2, 0.25) is 0 Å². The highest BCUT2D eigenvalue weighted by Gasteiger charge is 2.32. The standard InChI is InChI=1S/C14H16BrNO2S/c1-8-5-13(9(2)4-12(8)15)16-7-11(6-14(16)18)19-10(3)17/h4-5,11H,6-7H2,1-3H3. The molecule has 1 unspecified atom stereocenters. The van der Waals surface area contributed by atoms with E-state index in [1.807, 2.05) is 26.0 Å². The number of carbonyl (C=O) groups excluding carboxylic acids is 2. The number of amides is 1. The fourth-order valence-electron chi connectivity index (χ4n) is 2.28. The zero-order valence-electron chi connectivity index (χ0n) is 11.2. The number of aryl methyl sites for hydroxylation is 2. The van der Waals surface area contributed by atoms with Crippen molar-refractivity contribution >= 4 is 44.4 Å². The zero-order valence-corrected chi connectivity index (χ0v) is 13.6. The first kappa shape index (κ1) is 14.6. The number of nitrogens with zero attached hydrogens (tertiary/aromatic N) is 1. The number of carbonyl (C=O) groups is 2. The number of hydrogen-bond donors (Lipinski definition) is 0. The molecule has 1 atom stereocenters. The fraction of sp³-hybridized carbons (Fsp3) is 0.429. The third-order valence-corrected chi connectivity index (χ3v) is 5.03. The van der Waals surface area contributed by atoms with Crippen LogP contribution in [-0.2, 0) is 9.59 Å². The summed E-state index contributed by atoms with van der Waals surface area (Å²) in [6.07, 6.45) is 0.443. The fourth-order valence-corrected chi connectivity index (χ4v) is 3.65. The van der Waals surface area contributed by atoms with Gasteiger partial charge in [-0.3, -0.25) is 9.59 Å². The normalized spacial score (nSPS) is 19.1. The minimum absolute atomic E-state index is 0.0726. The smallest absolute Gasteiger partial charge is 0.228 e. The van der Waals surface area contributed by atoms with Crippen LogP contribution in [-0.4, -0.2) is 22.8 Å². The van der Waals surface area contributed by atoms with Gasteiger partial charge in [0.2, 0.25) is 5.91 Å². The predicted molar refractivity (Wildman–Crippen MR) is 82.6 cm³/mol. The van der Waals surface area contributed by atoms with Crippen LogP contribution in [0.25, 0.3) is 0 Å². The second kappa shape index (κ2) is 5.67. The summed E-state index contributed by atoms with van der Waals surface area (Å²) in [4.78, 5) is 25.0. The Kier molecular flexibility index (Phi) is 4.36. The second-order valence-electron chi connectivity index (χ2n) is 4.83. The van der Waals surface area contributed by atoms with Gasteiger partial charge < -0.3 is 4.90 Å². The summed E-state index contributed by atoms with van der Waals surface area (Å²) in [7, 11) is 0. The summed E-state index contributed by atoms with van der Waals surface area (Å²) in [5.41, 5.74) is 3.13. The first-order valence-corrected chi connectivity index (χ1v) is 7.80. The van der Waals surface area contributed by atoms with Crippen LogP contribution in [0.15, 0.2) is 16.6 Å². The maximum atomic E-state index is 12.1. The quantitative estimate of drug-likeness (QED) is 0.826. The van der Waals surface area contributed by atoms with Crippen molar-refractivity contribution in [2.24, 2.45) is 0 Å². The molecule has 0 N–H and O–H groups in total. The molecule has 1 aromatic rings. The lowest BCUT2D eigenvalue weighted by molar-refractivity contribution is -0.117. The van der Waals surface area contributed by atoms with Crippen LogP contribution in [0, 0.1) is 13.8 Å². The highest BCUT2D eigenvalue weighted by atomic mass is 79.9. The Hall–Kier alpha value is -0.810. The van der Waals surface area contributed by atoms with Crippen LogP contribution < -0.4 is 4.90 Å². The Morgan fingerprint density at radius 3 is 2.68 bits per heavy atom. The molecular weight excluding hydrogens is 326 g/mol. The van der Waals surface area contributed by atoms with Crippen molar-refractivity contribution in [1.82, 2.24) is 0 Å². The van der Waals surface area contributed by atoms with E-state index in [-0.39, 0.29) is 16.3 Å². The molecule has 2 rings (SSSR count). The Bertz CT molecular complexity index is 544. The highest BCUT2D eigenvalue weighted by molar-refractivity contribution is 9.10. The van der Waals surface area contributed by atoms with E-state index in [9.17, 15) is 9.59 Å². The molecule has 1 aliphatic rings. The molecule has 0 saturated carbocycles. The van der Waals surface area contributed by atoms with Crippen LogP contribution in [0.4, 0.5) is 5.69 Å². The van der Waals surface area contributed by atoms with Gasteiger partial charge >= 0.3 is 0 Å². The van der Waals surface area contributed by atoms with Gasteiger partial charge in [0.05, 0.1) is 0 Å². The highest BCUT2D eigenvalue weighted by Crippen LogP contribution is 2.33. The largest absolute Gasteiger partial charge is 0.311 e. The van der Waals surface area contributed by atoms with E-state index in [0.29, 0.717) is 13.0 Å². The van der Waals surface area contributed by atoms with Gasteiger partial charge in [0.15, 0.2) is 5.12 Å². The van der Waals surface area contributed by atoms with E-state index >= 15 is 0 Å². The minimum atomic E-state index is 0.0726. The molecule has 1 aromatic carbocycles. The lowest BCUT2D eigenvalue weighted by atomic mass is 10.1. The number of halogens is 1. The van der Waals surface area contributed by atoms with Gasteiger partial charge in [-0.05, 0) is 37.1 Å². The van der Waals surface area contributed by atoms with E-state index in [2.05, 4.69) is 15.9 Å². The molecule has 5 heteroatoms. The zero-order chi connectivity index (χ0) is 14.2. The van der Waals surface area contributed by atoms with Gasteiger partial charge in [-0.2, -0.15) is 0 Å². The van der Waals surface area contributed by atoms with Crippen molar-refractivity contribution in [2.45, 2.75) is 32.4 Å².